The fourth-order valence-corrected chi connectivity index (χ4v) is 7.28. The largest absolute Gasteiger partial charge is 0.361 e. The van der Waals surface area contributed by atoms with Crippen molar-refractivity contribution in [1.82, 2.24) is 55.5 Å². The molecule has 5 aromatic carbocycles. The van der Waals surface area contributed by atoms with Crippen LogP contribution in [0.1, 0.15) is 0 Å². The molecule has 11 heteroatoms. The predicted octanol–water partition coefficient (Wildman–Crippen LogP) is 8.87. The van der Waals surface area contributed by atoms with Gasteiger partial charge in [-0.25, -0.2) is 19.9 Å². The van der Waals surface area contributed by atoms with Crippen LogP contribution in [0.4, 0.5) is 0 Å². The molecule has 0 spiro atoms. The monoisotopic (exact) mass is 671 g/mol. The van der Waals surface area contributed by atoms with Crippen LogP contribution < -0.4 is 0 Å². The normalized spacial score (nSPS) is 11.8. The van der Waals surface area contributed by atoms with Crippen LogP contribution in [0.2, 0.25) is 0 Å². The van der Waals surface area contributed by atoms with Crippen LogP contribution in [0.15, 0.2) is 128 Å². The van der Waals surface area contributed by atoms with Crippen molar-refractivity contribution in [3.05, 3.63) is 128 Å². The first kappa shape index (κ1) is 28.3. The first-order valence-corrected chi connectivity index (χ1v) is 16.8. The standard InChI is InChI=1S/C41H25N11/c1-4-13-27-22(9-1)19-32(44-27)35-34(25-12-7-16-31-36(25)51-52-49-31)26(29-17-8-18-42-29)20-33-38(35)47-39(37-24-11-3-6-15-30(24)48-50-37)40(45-33)41-43-21-23-10-2-5-14-28(23)46-41/h1-21,42,44H,(H,48,50)(H,49,51,52). The highest BCUT2D eigenvalue weighted by Crippen LogP contribution is 2.46. The number of aromatic nitrogens is 11. The molecule has 0 fully saturated rings. The number of benzene rings is 5. The predicted molar refractivity (Wildman–Crippen MR) is 203 cm³/mol. The van der Waals surface area contributed by atoms with Crippen molar-refractivity contribution >= 4 is 54.8 Å². The van der Waals surface area contributed by atoms with Crippen LogP contribution in [0.5, 0.6) is 0 Å². The molecule has 11 nitrogen and oxygen atoms in total. The summed E-state index contributed by atoms with van der Waals surface area (Å²) < 4.78 is 0. The summed E-state index contributed by atoms with van der Waals surface area (Å²) in [5, 5.41) is 22.7. The summed E-state index contributed by atoms with van der Waals surface area (Å²) in [6.07, 6.45) is 3.76. The molecule has 0 aliphatic carbocycles. The van der Waals surface area contributed by atoms with Gasteiger partial charge in [0, 0.05) is 67.7 Å². The van der Waals surface area contributed by atoms with Gasteiger partial charge in [0.1, 0.15) is 22.6 Å². The highest BCUT2D eigenvalue weighted by molar-refractivity contribution is 6.12. The van der Waals surface area contributed by atoms with E-state index in [9.17, 15) is 0 Å². The van der Waals surface area contributed by atoms with E-state index >= 15 is 0 Å². The Morgan fingerprint density at radius 1 is 0.519 bits per heavy atom. The van der Waals surface area contributed by atoms with Crippen LogP contribution in [0.3, 0.4) is 0 Å². The van der Waals surface area contributed by atoms with Gasteiger partial charge in [-0.1, -0.05) is 71.9 Å². The van der Waals surface area contributed by atoms with Gasteiger partial charge >= 0.3 is 0 Å². The number of para-hydroxylation sites is 3. The van der Waals surface area contributed by atoms with Crippen LogP contribution in [0, 0.1) is 0 Å². The van der Waals surface area contributed by atoms with Gasteiger partial charge in [-0.2, -0.15) is 5.10 Å². The number of fused-ring (bicyclic) bond motifs is 5. The van der Waals surface area contributed by atoms with E-state index in [-0.39, 0.29) is 0 Å². The molecule has 0 amide bonds. The van der Waals surface area contributed by atoms with Gasteiger partial charge in [0.25, 0.3) is 0 Å². The number of nitrogens with zero attached hydrogens (tertiary/aromatic N) is 7. The van der Waals surface area contributed by atoms with Gasteiger partial charge in [0.2, 0.25) is 0 Å². The van der Waals surface area contributed by atoms with Crippen molar-refractivity contribution in [2.24, 2.45) is 0 Å². The highest BCUT2D eigenvalue weighted by atomic mass is 15.3. The lowest BCUT2D eigenvalue weighted by Crippen LogP contribution is -2.03. The van der Waals surface area contributed by atoms with E-state index in [0.717, 1.165) is 77.4 Å². The lowest BCUT2D eigenvalue weighted by Gasteiger charge is -2.18. The fourth-order valence-electron chi connectivity index (χ4n) is 7.28. The molecule has 244 valence electrons. The van der Waals surface area contributed by atoms with E-state index in [0.29, 0.717) is 33.9 Å². The second-order valence-corrected chi connectivity index (χ2v) is 12.7. The average molecular weight is 672 g/mol. The summed E-state index contributed by atoms with van der Waals surface area (Å²) in [6, 6.07) is 38.6. The molecule has 6 heterocycles. The zero-order chi connectivity index (χ0) is 34.2. The van der Waals surface area contributed by atoms with E-state index in [2.05, 4.69) is 66.9 Å². The number of hydrogen-bond donors (Lipinski definition) is 4. The number of aromatic amines is 4. The van der Waals surface area contributed by atoms with Gasteiger partial charge < -0.3 is 9.97 Å². The number of H-pyrrole nitrogens is 4. The van der Waals surface area contributed by atoms with Crippen LogP contribution in [0.25, 0.3) is 111 Å². The van der Waals surface area contributed by atoms with Gasteiger partial charge in [-0.05, 0) is 48.5 Å². The summed E-state index contributed by atoms with van der Waals surface area (Å²) in [4.78, 5) is 27.9. The van der Waals surface area contributed by atoms with Crippen molar-refractivity contribution in [3.8, 4) is 56.5 Å². The number of nitrogens with one attached hydrogen (secondary N) is 4. The van der Waals surface area contributed by atoms with Crippen molar-refractivity contribution in [1.29, 1.82) is 0 Å². The molecule has 11 aromatic rings. The van der Waals surface area contributed by atoms with Gasteiger partial charge in [0.05, 0.1) is 27.6 Å². The Morgan fingerprint density at radius 3 is 2.27 bits per heavy atom. The molecule has 0 saturated carbocycles. The van der Waals surface area contributed by atoms with Gasteiger partial charge in [0.15, 0.2) is 5.82 Å². The van der Waals surface area contributed by atoms with E-state index in [1.54, 1.807) is 0 Å². The molecule has 0 aliphatic heterocycles. The Balaban J connectivity index is 1.33. The second kappa shape index (κ2) is 11.0. The van der Waals surface area contributed by atoms with Crippen LogP contribution in [-0.4, -0.2) is 55.5 Å². The van der Waals surface area contributed by atoms with Crippen molar-refractivity contribution in [2.45, 2.75) is 0 Å². The van der Waals surface area contributed by atoms with Crippen LogP contribution in [-0.2, 0) is 0 Å². The molecule has 0 unspecified atom stereocenters. The second-order valence-electron chi connectivity index (χ2n) is 12.7. The third-order valence-corrected chi connectivity index (χ3v) is 9.67. The summed E-state index contributed by atoms with van der Waals surface area (Å²) >= 11 is 0. The van der Waals surface area contributed by atoms with E-state index < -0.39 is 0 Å². The quantitative estimate of drug-likeness (QED) is 0.143. The molecule has 0 aliphatic rings. The first-order valence-electron chi connectivity index (χ1n) is 16.8. The molecule has 0 saturated heterocycles. The lowest BCUT2D eigenvalue weighted by atomic mass is 9.89. The maximum Gasteiger partial charge on any atom is 0.181 e. The summed E-state index contributed by atoms with van der Waals surface area (Å²) in [5.74, 6) is 0.459. The van der Waals surface area contributed by atoms with E-state index in [1.165, 1.54) is 0 Å². The fraction of sp³-hybridized carbons (Fsp3) is 0. The number of rotatable bonds is 5. The average Bonchev–Trinajstić information content (AvgIpc) is 4.03. The van der Waals surface area contributed by atoms with E-state index in [1.807, 2.05) is 91.3 Å². The Labute approximate surface area is 293 Å². The molecular weight excluding hydrogens is 647 g/mol. The molecular formula is C41H25N11. The zero-order valence-corrected chi connectivity index (χ0v) is 27.3. The van der Waals surface area contributed by atoms with Gasteiger partial charge in [-0.3, -0.25) is 10.2 Å². The maximum absolute atomic E-state index is 5.55. The SMILES string of the molecule is c1c[nH]c(-c2cc3nc(-c4ncc5ccccc5n4)c(-c4n[nH]c5ccccc45)nc3c(-c3cc4ccccc4[nH]3)c2-c2cccc3[nH]nnc23)c1. The zero-order valence-electron chi connectivity index (χ0n) is 27.3. The third-order valence-electron chi connectivity index (χ3n) is 9.67. The summed E-state index contributed by atoms with van der Waals surface area (Å²) in [5.41, 5.74) is 12.8. The Kier molecular flexibility index (Phi) is 5.99. The summed E-state index contributed by atoms with van der Waals surface area (Å²) in [7, 11) is 0. The van der Waals surface area contributed by atoms with Crippen LogP contribution >= 0.6 is 0 Å². The highest BCUT2D eigenvalue weighted by Gasteiger charge is 2.27. The third kappa shape index (κ3) is 4.29. The van der Waals surface area contributed by atoms with E-state index in [4.69, 9.17) is 25.0 Å². The molecule has 0 atom stereocenters. The topological polar surface area (TPSA) is 153 Å². The molecule has 4 N–H and O–H groups in total. The smallest absolute Gasteiger partial charge is 0.181 e. The molecule has 11 rings (SSSR count). The molecule has 52 heavy (non-hydrogen) atoms. The van der Waals surface area contributed by atoms with Crippen molar-refractivity contribution in [2.75, 3.05) is 0 Å². The Hall–Kier alpha value is -7.53. The first-order chi connectivity index (χ1) is 25.8. The maximum atomic E-state index is 5.55. The molecule has 6 aromatic heterocycles. The van der Waals surface area contributed by atoms with Crippen molar-refractivity contribution < 1.29 is 0 Å². The Morgan fingerprint density at radius 2 is 1.37 bits per heavy atom. The minimum absolute atomic E-state index is 0.459. The molecule has 0 radical (unpaired) electrons. The molecule has 0 bridgehead atoms. The minimum Gasteiger partial charge on any atom is -0.361 e. The lowest BCUT2D eigenvalue weighted by molar-refractivity contribution is 0.959. The minimum atomic E-state index is 0.459. The van der Waals surface area contributed by atoms with Crippen molar-refractivity contribution in [3.63, 3.8) is 0 Å². The summed E-state index contributed by atoms with van der Waals surface area (Å²) in [6.45, 7) is 0. The Bertz CT molecular complexity index is 3120. The number of hydrogen-bond acceptors (Lipinski definition) is 7. The van der Waals surface area contributed by atoms with Gasteiger partial charge in [-0.15, -0.1) is 5.10 Å².